The molecule has 0 bridgehead atoms. The molecule has 27 heavy (non-hydrogen) atoms. The molecule has 1 unspecified atom stereocenters. The van der Waals surface area contributed by atoms with Crippen LogP contribution in [0.5, 0.6) is 0 Å². The van der Waals surface area contributed by atoms with Gasteiger partial charge < -0.3 is 10.0 Å². The highest BCUT2D eigenvalue weighted by Crippen LogP contribution is 2.31. The Hall–Kier alpha value is -3.22. The minimum absolute atomic E-state index is 0.0326. The average Bonchev–Trinajstić information content (AvgIpc) is 2.65. The van der Waals surface area contributed by atoms with Crippen molar-refractivity contribution in [2.75, 3.05) is 6.54 Å². The number of hydrogen-bond acceptors (Lipinski definition) is 4. The molecule has 1 heterocycles. The molecule has 0 saturated heterocycles. The van der Waals surface area contributed by atoms with Crippen molar-refractivity contribution in [3.05, 3.63) is 74.8 Å². The van der Waals surface area contributed by atoms with E-state index >= 15 is 0 Å². The SMILES string of the molecule is CC(C)c1ccc(C(=O)N2Cc3ccccc3C(C(=O)O)C2)cc1[N+](=O)[O-]. The number of carbonyl (C=O) groups excluding carboxylic acids is 1. The van der Waals surface area contributed by atoms with Crippen molar-refractivity contribution < 1.29 is 19.6 Å². The Kier molecular flexibility index (Phi) is 4.94. The first kappa shape index (κ1) is 18.6. The summed E-state index contributed by atoms with van der Waals surface area (Å²) in [5, 5.41) is 20.9. The number of benzene rings is 2. The summed E-state index contributed by atoms with van der Waals surface area (Å²) >= 11 is 0. The monoisotopic (exact) mass is 368 g/mol. The highest BCUT2D eigenvalue weighted by atomic mass is 16.6. The maximum absolute atomic E-state index is 12.9. The summed E-state index contributed by atoms with van der Waals surface area (Å²) in [7, 11) is 0. The van der Waals surface area contributed by atoms with Crippen LogP contribution < -0.4 is 0 Å². The van der Waals surface area contributed by atoms with Gasteiger partial charge >= 0.3 is 5.97 Å². The number of carbonyl (C=O) groups is 2. The van der Waals surface area contributed by atoms with Gasteiger partial charge in [-0.05, 0) is 23.1 Å². The highest BCUT2D eigenvalue weighted by Gasteiger charge is 2.33. The molecule has 2 aromatic rings. The topological polar surface area (TPSA) is 101 Å². The van der Waals surface area contributed by atoms with Crippen LogP contribution in [0.1, 0.15) is 52.7 Å². The van der Waals surface area contributed by atoms with Crippen LogP contribution in [-0.2, 0) is 11.3 Å². The van der Waals surface area contributed by atoms with Crippen molar-refractivity contribution in [3.8, 4) is 0 Å². The Morgan fingerprint density at radius 1 is 1.22 bits per heavy atom. The Morgan fingerprint density at radius 3 is 2.56 bits per heavy atom. The molecule has 3 rings (SSSR count). The van der Waals surface area contributed by atoms with Crippen molar-refractivity contribution in [2.45, 2.75) is 32.2 Å². The second-order valence-corrected chi connectivity index (χ2v) is 6.96. The van der Waals surface area contributed by atoms with Crippen LogP contribution >= 0.6 is 0 Å². The van der Waals surface area contributed by atoms with Gasteiger partial charge in [0.1, 0.15) is 0 Å². The highest BCUT2D eigenvalue weighted by molar-refractivity contribution is 5.95. The molecule has 7 nitrogen and oxygen atoms in total. The van der Waals surface area contributed by atoms with E-state index in [1.807, 2.05) is 13.8 Å². The molecule has 1 N–H and O–H groups in total. The van der Waals surface area contributed by atoms with Crippen LogP contribution in [0.4, 0.5) is 5.69 Å². The molecule has 0 aromatic heterocycles. The number of carboxylic acid groups (broad SMARTS) is 1. The zero-order chi connectivity index (χ0) is 19.7. The van der Waals surface area contributed by atoms with Crippen molar-refractivity contribution >= 4 is 17.6 Å². The minimum Gasteiger partial charge on any atom is -0.481 e. The number of hydrogen-bond donors (Lipinski definition) is 1. The summed E-state index contributed by atoms with van der Waals surface area (Å²) in [5.41, 5.74) is 2.13. The molecular formula is C20H20N2O5. The van der Waals surface area contributed by atoms with Crippen LogP contribution in [-0.4, -0.2) is 33.4 Å². The zero-order valence-corrected chi connectivity index (χ0v) is 15.1. The van der Waals surface area contributed by atoms with Crippen molar-refractivity contribution in [1.29, 1.82) is 0 Å². The number of nitro benzene ring substituents is 1. The van der Waals surface area contributed by atoms with Crippen LogP contribution in [0.15, 0.2) is 42.5 Å². The first-order chi connectivity index (χ1) is 12.8. The number of nitro groups is 1. The largest absolute Gasteiger partial charge is 0.481 e. The fourth-order valence-electron chi connectivity index (χ4n) is 3.48. The van der Waals surface area contributed by atoms with Gasteiger partial charge in [-0.1, -0.05) is 44.2 Å². The Labute approximate surface area is 156 Å². The molecule has 0 spiro atoms. The smallest absolute Gasteiger partial charge is 0.312 e. The average molecular weight is 368 g/mol. The second-order valence-electron chi connectivity index (χ2n) is 6.96. The second kappa shape index (κ2) is 7.19. The molecule has 0 aliphatic carbocycles. The third-order valence-corrected chi connectivity index (χ3v) is 4.88. The van der Waals surface area contributed by atoms with Gasteiger partial charge in [0.15, 0.2) is 0 Å². The van der Waals surface area contributed by atoms with Gasteiger partial charge in [0.05, 0.1) is 10.8 Å². The van der Waals surface area contributed by atoms with Gasteiger partial charge in [-0.2, -0.15) is 0 Å². The zero-order valence-electron chi connectivity index (χ0n) is 15.1. The van der Waals surface area contributed by atoms with Gasteiger partial charge in [-0.3, -0.25) is 19.7 Å². The molecule has 0 radical (unpaired) electrons. The molecule has 1 atom stereocenters. The normalized spacial score (nSPS) is 16.1. The van der Waals surface area contributed by atoms with E-state index in [2.05, 4.69) is 0 Å². The van der Waals surface area contributed by atoms with Crippen LogP contribution in [0, 0.1) is 10.1 Å². The lowest BCUT2D eigenvalue weighted by molar-refractivity contribution is -0.385. The first-order valence-electron chi connectivity index (χ1n) is 8.67. The fraction of sp³-hybridized carbons (Fsp3) is 0.300. The Bertz CT molecular complexity index is 922. The van der Waals surface area contributed by atoms with E-state index in [9.17, 15) is 24.8 Å². The van der Waals surface area contributed by atoms with Crippen LogP contribution in [0.25, 0.3) is 0 Å². The molecule has 7 heteroatoms. The first-order valence-corrected chi connectivity index (χ1v) is 8.67. The van der Waals surface area contributed by atoms with Crippen molar-refractivity contribution in [1.82, 2.24) is 4.90 Å². The fourth-order valence-corrected chi connectivity index (χ4v) is 3.48. The molecule has 1 aliphatic heterocycles. The predicted molar refractivity (Wildman–Crippen MR) is 98.7 cm³/mol. The lowest BCUT2D eigenvalue weighted by Gasteiger charge is -2.33. The van der Waals surface area contributed by atoms with E-state index in [0.29, 0.717) is 11.1 Å². The molecule has 1 amide bonds. The molecule has 2 aromatic carbocycles. The van der Waals surface area contributed by atoms with E-state index < -0.39 is 22.7 Å². The third kappa shape index (κ3) is 3.53. The van der Waals surface area contributed by atoms with E-state index in [1.54, 1.807) is 36.4 Å². The van der Waals surface area contributed by atoms with Gasteiger partial charge in [0.25, 0.3) is 11.6 Å². The van der Waals surface area contributed by atoms with Crippen molar-refractivity contribution in [2.24, 2.45) is 0 Å². The molecule has 1 aliphatic rings. The summed E-state index contributed by atoms with van der Waals surface area (Å²) in [5.74, 6) is -2.27. The lowest BCUT2D eigenvalue weighted by atomic mass is 9.89. The quantitative estimate of drug-likeness (QED) is 0.657. The van der Waals surface area contributed by atoms with Gasteiger partial charge in [0.2, 0.25) is 0 Å². The number of aliphatic carboxylic acids is 1. The van der Waals surface area contributed by atoms with E-state index in [1.165, 1.54) is 11.0 Å². The number of rotatable bonds is 4. The molecular weight excluding hydrogens is 348 g/mol. The molecule has 0 saturated carbocycles. The van der Waals surface area contributed by atoms with Gasteiger partial charge in [-0.15, -0.1) is 0 Å². The van der Waals surface area contributed by atoms with Crippen LogP contribution in [0.3, 0.4) is 0 Å². The van der Waals surface area contributed by atoms with E-state index in [4.69, 9.17) is 0 Å². The van der Waals surface area contributed by atoms with Crippen molar-refractivity contribution in [3.63, 3.8) is 0 Å². The number of nitrogens with zero attached hydrogens (tertiary/aromatic N) is 2. The maximum atomic E-state index is 12.9. The summed E-state index contributed by atoms with van der Waals surface area (Å²) in [6.07, 6.45) is 0. The van der Waals surface area contributed by atoms with E-state index in [-0.39, 0.29) is 30.3 Å². The number of fused-ring (bicyclic) bond motifs is 1. The maximum Gasteiger partial charge on any atom is 0.312 e. The summed E-state index contributed by atoms with van der Waals surface area (Å²) in [6, 6.07) is 11.6. The third-order valence-electron chi connectivity index (χ3n) is 4.88. The van der Waals surface area contributed by atoms with Gasteiger partial charge in [0, 0.05) is 30.3 Å². The number of amides is 1. The van der Waals surface area contributed by atoms with E-state index in [0.717, 1.165) is 5.56 Å². The van der Waals surface area contributed by atoms with Gasteiger partial charge in [-0.25, -0.2) is 0 Å². The standard InChI is InChI=1S/C20H20N2O5/c1-12(2)15-8-7-13(9-18(15)22(26)27)19(23)21-10-14-5-3-4-6-16(14)17(11-21)20(24)25/h3-9,12,17H,10-11H2,1-2H3,(H,24,25). The lowest BCUT2D eigenvalue weighted by Crippen LogP contribution is -2.40. The summed E-state index contributed by atoms with van der Waals surface area (Å²) in [4.78, 5) is 36.9. The Balaban J connectivity index is 1.96. The summed E-state index contributed by atoms with van der Waals surface area (Å²) < 4.78 is 0. The predicted octanol–water partition coefficient (Wildman–Crippen LogP) is 3.54. The molecule has 0 fully saturated rings. The number of carboxylic acids is 1. The molecule has 140 valence electrons. The summed E-state index contributed by atoms with van der Waals surface area (Å²) in [6.45, 7) is 4.01. The minimum atomic E-state index is -0.999. The van der Waals surface area contributed by atoms with Crippen LogP contribution in [0.2, 0.25) is 0 Å². The Morgan fingerprint density at radius 2 is 1.93 bits per heavy atom.